The van der Waals surface area contributed by atoms with E-state index in [9.17, 15) is 4.79 Å². The maximum absolute atomic E-state index is 11.5. The number of amides is 1. The minimum atomic E-state index is 0.201. The van der Waals surface area contributed by atoms with Crippen molar-refractivity contribution in [3.8, 4) is 0 Å². The van der Waals surface area contributed by atoms with Gasteiger partial charge in [0.25, 0.3) is 0 Å². The molecule has 1 aromatic rings. The summed E-state index contributed by atoms with van der Waals surface area (Å²) in [5.74, 6) is 0.201. The van der Waals surface area contributed by atoms with Gasteiger partial charge in [0.2, 0.25) is 5.91 Å². The molecule has 2 heteroatoms. The van der Waals surface area contributed by atoms with E-state index in [-0.39, 0.29) is 5.91 Å². The first-order valence-corrected chi connectivity index (χ1v) is 6.15. The van der Waals surface area contributed by atoms with Gasteiger partial charge in [0.1, 0.15) is 0 Å². The fraction of sp³-hybridized carbons (Fsp3) is 0.500. The highest BCUT2D eigenvalue weighted by molar-refractivity contribution is 5.76. The van der Waals surface area contributed by atoms with Gasteiger partial charge in [-0.3, -0.25) is 4.79 Å². The van der Waals surface area contributed by atoms with Crippen LogP contribution >= 0.6 is 0 Å². The first-order valence-electron chi connectivity index (χ1n) is 6.15. The van der Waals surface area contributed by atoms with Gasteiger partial charge in [-0.2, -0.15) is 0 Å². The number of hydrogen-bond donors (Lipinski definition) is 1. The molecule has 0 unspecified atom stereocenters. The second-order valence-electron chi connectivity index (χ2n) is 4.53. The van der Waals surface area contributed by atoms with Crippen LogP contribution in [0, 0.1) is 0 Å². The molecule has 1 atom stereocenters. The molecule has 0 radical (unpaired) electrons. The molecular formula is C14H19NO. The van der Waals surface area contributed by atoms with Crippen LogP contribution in [0.15, 0.2) is 24.3 Å². The van der Waals surface area contributed by atoms with Crippen molar-refractivity contribution in [3.63, 3.8) is 0 Å². The minimum Gasteiger partial charge on any atom is -0.353 e. The van der Waals surface area contributed by atoms with Gasteiger partial charge in [-0.25, -0.2) is 0 Å². The Balaban J connectivity index is 1.95. The molecule has 1 aromatic carbocycles. The predicted octanol–water partition coefficient (Wildman–Crippen LogP) is 2.46. The topological polar surface area (TPSA) is 29.1 Å². The van der Waals surface area contributed by atoms with E-state index in [1.807, 2.05) is 6.92 Å². The van der Waals surface area contributed by atoms with Crippen molar-refractivity contribution in [3.05, 3.63) is 35.4 Å². The number of benzene rings is 1. The lowest BCUT2D eigenvalue weighted by Crippen LogP contribution is -2.38. The Morgan fingerprint density at radius 2 is 2.12 bits per heavy atom. The molecule has 0 aliphatic heterocycles. The molecule has 2 rings (SSSR count). The maximum Gasteiger partial charge on any atom is 0.220 e. The largest absolute Gasteiger partial charge is 0.353 e. The molecule has 1 N–H and O–H groups in total. The van der Waals surface area contributed by atoms with Gasteiger partial charge < -0.3 is 5.32 Å². The summed E-state index contributed by atoms with van der Waals surface area (Å²) in [5, 5.41) is 3.12. The van der Waals surface area contributed by atoms with Crippen molar-refractivity contribution in [2.24, 2.45) is 0 Å². The van der Waals surface area contributed by atoms with Gasteiger partial charge in [0.05, 0.1) is 0 Å². The molecule has 0 fully saturated rings. The highest BCUT2D eigenvalue weighted by Crippen LogP contribution is 2.20. The van der Waals surface area contributed by atoms with E-state index in [1.54, 1.807) is 0 Å². The van der Waals surface area contributed by atoms with Gasteiger partial charge in [0, 0.05) is 12.5 Å². The third kappa shape index (κ3) is 2.63. The van der Waals surface area contributed by atoms with Crippen molar-refractivity contribution in [1.29, 1.82) is 0 Å². The highest BCUT2D eigenvalue weighted by atomic mass is 16.1. The number of rotatable bonds is 3. The summed E-state index contributed by atoms with van der Waals surface area (Å²) >= 11 is 0. The lowest BCUT2D eigenvalue weighted by Gasteiger charge is -2.25. The first kappa shape index (κ1) is 11.2. The number of carbonyl (C=O) groups is 1. The minimum absolute atomic E-state index is 0.201. The fourth-order valence-electron chi connectivity index (χ4n) is 2.35. The summed E-state index contributed by atoms with van der Waals surface area (Å²) in [6.45, 7) is 2.04. The lowest BCUT2D eigenvalue weighted by atomic mass is 9.88. The molecule has 1 aliphatic carbocycles. The molecule has 2 nitrogen and oxygen atoms in total. The van der Waals surface area contributed by atoms with Crippen LogP contribution in [0.1, 0.15) is 37.3 Å². The van der Waals surface area contributed by atoms with Gasteiger partial charge in [-0.05, 0) is 36.8 Å². The van der Waals surface area contributed by atoms with Crippen LogP contribution in [-0.2, 0) is 17.6 Å². The lowest BCUT2D eigenvalue weighted by molar-refractivity contribution is -0.121. The Morgan fingerprint density at radius 1 is 1.38 bits per heavy atom. The Hall–Kier alpha value is -1.31. The van der Waals surface area contributed by atoms with E-state index in [0.717, 1.165) is 25.7 Å². The number of fused-ring (bicyclic) bond motifs is 1. The zero-order valence-corrected chi connectivity index (χ0v) is 9.83. The van der Waals surface area contributed by atoms with E-state index < -0.39 is 0 Å². The van der Waals surface area contributed by atoms with Crippen LogP contribution in [0.3, 0.4) is 0 Å². The molecular weight excluding hydrogens is 198 g/mol. The summed E-state index contributed by atoms with van der Waals surface area (Å²) < 4.78 is 0. The normalized spacial score (nSPS) is 18.9. The SMILES string of the molecule is CCCC(=O)N[C@H]1CCc2ccccc2C1. The molecule has 0 bridgehead atoms. The quantitative estimate of drug-likeness (QED) is 0.828. The second kappa shape index (κ2) is 5.15. The van der Waals surface area contributed by atoms with Crippen LogP contribution in [-0.4, -0.2) is 11.9 Å². The Morgan fingerprint density at radius 3 is 2.88 bits per heavy atom. The summed E-state index contributed by atoms with van der Waals surface area (Å²) in [6.07, 6.45) is 4.73. The molecule has 1 amide bonds. The van der Waals surface area contributed by atoms with Gasteiger partial charge >= 0.3 is 0 Å². The molecule has 0 saturated heterocycles. The fourth-order valence-corrected chi connectivity index (χ4v) is 2.35. The Labute approximate surface area is 97.1 Å². The molecule has 0 spiro atoms. The van der Waals surface area contributed by atoms with Crippen molar-refractivity contribution in [1.82, 2.24) is 5.32 Å². The van der Waals surface area contributed by atoms with E-state index in [2.05, 4.69) is 29.6 Å². The smallest absolute Gasteiger partial charge is 0.220 e. The van der Waals surface area contributed by atoms with E-state index in [4.69, 9.17) is 0 Å². The molecule has 1 aliphatic rings. The molecule has 0 heterocycles. The number of carbonyl (C=O) groups excluding carboxylic acids is 1. The van der Waals surface area contributed by atoms with E-state index in [1.165, 1.54) is 11.1 Å². The summed E-state index contributed by atoms with van der Waals surface area (Å²) in [4.78, 5) is 11.5. The zero-order valence-electron chi connectivity index (χ0n) is 9.83. The van der Waals surface area contributed by atoms with Gasteiger partial charge in [0.15, 0.2) is 0 Å². The molecule has 0 aromatic heterocycles. The number of aryl methyl sites for hydroxylation is 1. The van der Waals surface area contributed by atoms with E-state index in [0.29, 0.717) is 12.5 Å². The standard InChI is InChI=1S/C14H19NO/c1-2-5-14(16)15-13-9-8-11-6-3-4-7-12(11)10-13/h3-4,6-7,13H,2,5,8-10H2,1H3,(H,15,16)/t13-/m0/s1. The van der Waals surface area contributed by atoms with Gasteiger partial charge in [-0.15, -0.1) is 0 Å². The van der Waals surface area contributed by atoms with Crippen molar-refractivity contribution in [2.45, 2.75) is 45.1 Å². The van der Waals surface area contributed by atoms with Crippen LogP contribution in [0.2, 0.25) is 0 Å². The maximum atomic E-state index is 11.5. The summed E-state index contributed by atoms with van der Waals surface area (Å²) in [6, 6.07) is 8.88. The number of nitrogens with one attached hydrogen (secondary N) is 1. The summed E-state index contributed by atoms with van der Waals surface area (Å²) in [7, 11) is 0. The second-order valence-corrected chi connectivity index (χ2v) is 4.53. The average Bonchev–Trinajstić information content (AvgIpc) is 2.29. The first-order chi connectivity index (χ1) is 7.79. The van der Waals surface area contributed by atoms with Crippen LogP contribution in [0.4, 0.5) is 0 Å². The summed E-state index contributed by atoms with van der Waals surface area (Å²) in [5.41, 5.74) is 2.85. The predicted molar refractivity (Wildman–Crippen MR) is 65.3 cm³/mol. The zero-order chi connectivity index (χ0) is 11.4. The monoisotopic (exact) mass is 217 g/mol. The third-order valence-corrected chi connectivity index (χ3v) is 3.19. The van der Waals surface area contributed by atoms with Crippen molar-refractivity contribution < 1.29 is 4.79 Å². The Bertz CT molecular complexity index is 373. The van der Waals surface area contributed by atoms with Crippen LogP contribution in [0.5, 0.6) is 0 Å². The van der Waals surface area contributed by atoms with Crippen LogP contribution in [0.25, 0.3) is 0 Å². The third-order valence-electron chi connectivity index (χ3n) is 3.19. The van der Waals surface area contributed by atoms with Crippen molar-refractivity contribution >= 4 is 5.91 Å². The van der Waals surface area contributed by atoms with Gasteiger partial charge in [-0.1, -0.05) is 31.2 Å². The molecule has 0 saturated carbocycles. The molecule has 16 heavy (non-hydrogen) atoms. The van der Waals surface area contributed by atoms with E-state index >= 15 is 0 Å². The van der Waals surface area contributed by atoms with Crippen molar-refractivity contribution in [2.75, 3.05) is 0 Å². The highest BCUT2D eigenvalue weighted by Gasteiger charge is 2.19. The molecule has 86 valence electrons. The Kier molecular flexibility index (Phi) is 3.60. The van der Waals surface area contributed by atoms with Crippen LogP contribution < -0.4 is 5.32 Å². The average molecular weight is 217 g/mol. The number of hydrogen-bond acceptors (Lipinski definition) is 1.